The molecule has 1 rings (SSSR count). The van der Waals surface area contributed by atoms with Gasteiger partial charge in [-0.15, -0.1) is 0 Å². The molecule has 0 spiro atoms. The highest BCUT2D eigenvalue weighted by Gasteiger charge is 2.11. The molecule has 0 N–H and O–H groups in total. The van der Waals surface area contributed by atoms with Crippen LogP contribution in [0.25, 0.3) is 0 Å². The van der Waals surface area contributed by atoms with E-state index >= 15 is 0 Å². The van der Waals surface area contributed by atoms with E-state index in [4.69, 9.17) is 0 Å². The standard InChI is InChI=1S/C9H9Br2NO2/c10-5-1-2-7-3-4-8(11)9(6-7)12(13)14/h3-4,6H,1-2,5H2. The molecule has 1 aromatic rings. The summed E-state index contributed by atoms with van der Waals surface area (Å²) in [6.07, 6.45) is 1.85. The highest BCUT2D eigenvalue weighted by molar-refractivity contribution is 9.10. The summed E-state index contributed by atoms with van der Waals surface area (Å²) >= 11 is 6.47. The van der Waals surface area contributed by atoms with E-state index in [9.17, 15) is 10.1 Å². The first kappa shape index (κ1) is 11.7. The second kappa shape index (κ2) is 5.46. The Bertz CT molecular complexity index is 342. The quantitative estimate of drug-likeness (QED) is 0.482. The van der Waals surface area contributed by atoms with Gasteiger partial charge in [0.15, 0.2) is 0 Å². The van der Waals surface area contributed by atoms with Crippen LogP contribution in [0.2, 0.25) is 0 Å². The Morgan fingerprint density at radius 1 is 1.43 bits per heavy atom. The molecule has 1 aromatic carbocycles. The van der Waals surface area contributed by atoms with Crippen molar-refractivity contribution >= 4 is 37.5 Å². The van der Waals surface area contributed by atoms with Crippen molar-refractivity contribution in [3.05, 3.63) is 38.3 Å². The Labute approximate surface area is 98.9 Å². The molecular weight excluding hydrogens is 314 g/mol. The number of rotatable bonds is 4. The van der Waals surface area contributed by atoms with Gasteiger partial charge >= 0.3 is 0 Å². The van der Waals surface area contributed by atoms with E-state index < -0.39 is 0 Å². The average Bonchev–Trinajstić information content (AvgIpc) is 2.16. The third-order valence-electron chi connectivity index (χ3n) is 1.81. The van der Waals surface area contributed by atoms with Crippen LogP contribution in [-0.2, 0) is 6.42 Å². The van der Waals surface area contributed by atoms with E-state index in [0.29, 0.717) is 4.47 Å². The van der Waals surface area contributed by atoms with E-state index in [1.165, 1.54) is 0 Å². The van der Waals surface area contributed by atoms with E-state index in [1.807, 2.05) is 6.07 Å². The minimum absolute atomic E-state index is 0.136. The minimum atomic E-state index is -0.373. The topological polar surface area (TPSA) is 43.1 Å². The lowest BCUT2D eigenvalue weighted by Crippen LogP contribution is -1.92. The molecule has 0 atom stereocenters. The molecular formula is C9H9Br2NO2. The van der Waals surface area contributed by atoms with Crippen molar-refractivity contribution in [1.82, 2.24) is 0 Å². The fraction of sp³-hybridized carbons (Fsp3) is 0.333. The molecule has 0 saturated carbocycles. The van der Waals surface area contributed by atoms with Crippen molar-refractivity contribution in [3.8, 4) is 0 Å². The van der Waals surface area contributed by atoms with Crippen molar-refractivity contribution in [3.63, 3.8) is 0 Å². The zero-order valence-corrected chi connectivity index (χ0v) is 10.5. The second-order valence-corrected chi connectivity index (χ2v) is 4.48. The van der Waals surface area contributed by atoms with Gasteiger partial charge in [-0.25, -0.2) is 0 Å². The molecule has 0 bridgehead atoms. The summed E-state index contributed by atoms with van der Waals surface area (Å²) in [7, 11) is 0. The number of benzene rings is 1. The van der Waals surface area contributed by atoms with E-state index in [0.717, 1.165) is 23.7 Å². The number of nitro benzene ring substituents is 1. The predicted octanol–water partition coefficient (Wildman–Crippen LogP) is 3.68. The van der Waals surface area contributed by atoms with Crippen LogP contribution in [0.1, 0.15) is 12.0 Å². The number of aryl methyl sites for hydroxylation is 1. The summed E-state index contributed by atoms with van der Waals surface area (Å²) in [6.45, 7) is 0. The molecule has 3 nitrogen and oxygen atoms in total. The van der Waals surface area contributed by atoms with Crippen LogP contribution >= 0.6 is 31.9 Å². The number of halogens is 2. The lowest BCUT2D eigenvalue weighted by Gasteiger charge is -2.00. The first-order valence-electron chi connectivity index (χ1n) is 4.14. The van der Waals surface area contributed by atoms with Crippen molar-refractivity contribution in [2.75, 3.05) is 5.33 Å². The van der Waals surface area contributed by atoms with Crippen LogP contribution in [0.5, 0.6) is 0 Å². The maximum Gasteiger partial charge on any atom is 0.283 e. The van der Waals surface area contributed by atoms with Gasteiger partial charge in [0.2, 0.25) is 0 Å². The van der Waals surface area contributed by atoms with Crippen LogP contribution in [0.3, 0.4) is 0 Å². The zero-order chi connectivity index (χ0) is 10.6. The maximum absolute atomic E-state index is 10.6. The molecule has 0 radical (unpaired) electrons. The first-order valence-corrected chi connectivity index (χ1v) is 6.05. The van der Waals surface area contributed by atoms with Gasteiger partial charge < -0.3 is 0 Å². The molecule has 76 valence electrons. The molecule has 0 aliphatic rings. The molecule has 14 heavy (non-hydrogen) atoms. The minimum Gasteiger partial charge on any atom is -0.258 e. The Morgan fingerprint density at radius 3 is 2.71 bits per heavy atom. The third-order valence-corrected chi connectivity index (χ3v) is 3.04. The molecule has 0 amide bonds. The van der Waals surface area contributed by atoms with Gasteiger partial charge in [-0.2, -0.15) is 0 Å². The van der Waals surface area contributed by atoms with E-state index in [1.54, 1.807) is 12.1 Å². The summed E-state index contributed by atoms with van der Waals surface area (Å²) in [4.78, 5) is 10.2. The smallest absolute Gasteiger partial charge is 0.258 e. The van der Waals surface area contributed by atoms with Crippen LogP contribution in [0.4, 0.5) is 5.69 Å². The molecule has 0 heterocycles. The Morgan fingerprint density at radius 2 is 2.14 bits per heavy atom. The number of hydrogen-bond acceptors (Lipinski definition) is 2. The fourth-order valence-corrected chi connectivity index (χ4v) is 1.80. The van der Waals surface area contributed by atoms with Crippen LogP contribution < -0.4 is 0 Å². The largest absolute Gasteiger partial charge is 0.283 e. The summed E-state index contributed by atoms with van der Waals surface area (Å²) < 4.78 is 0.532. The van der Waals surface area contributed by atoms with E-state index in [2.05, 4.69) is 31.9 Å². The normalized spacial score (nSPS) is 10.1. The number of nitrogens with zero attached hydrogens (tertiary/aromatic N) is 1. The van der Waals surface area contributed by atoms with Crippen molar-refractivity contribution in [1.29, 1.82) is 0 Å². The van der Waals surface area contributed by atoms with Crippen molar-refractivity contribution < 1.29 is 4.92 Å². The predicted molar refractivity (Wildman–Crippen MR) is 62.9 cm³/mol. The fourth-order valence-electron chi connectivity index (χ4n) is 1.12. The first-order chi connectivity index (χ1) is 6.65. The lowest BCUT2D eigenvalue weighted by molar-refractivity contribution is -0.385. The van der Waals surface area contributed by atoms with Crippen molar-refractivity contribution in [2.24, 2.45) is 0 Å². The molecule has 0 fully saturated rings. The van der Waals surface area contributed by atoms with Gasteiger partial charge in [-0.1, -0.05) is 22.0 Å². The van der Waals surface area contributed by atoms with Crippen LogP contribution in [-0.4, -0.2) is 10.3 Å². The number of alkyl halides is 1. The third kappa shape index (κ3) is 3.06. The second-order valence-electron chi connectivity index (χ2n) is 2.84. The summed E-state index contributed by atoms with van der Waals surface area (Å²) in [6, 6.07) is 5.24. The maximum atomic E-state index is 10.6. The molecule has 5 heteroatoms. The van der Waals surface area contributed by atoms with Crippen molar-refractivity contribution in [2.45, 2.75) is 12.8 Å². The van der Waals surface area contributed by atoms with Gasteiger partial charge in [0, 0.05) is 11.4 Å². The van der Waals surface area contributed by atoms with Gasteiger partial charge in [0.1, 0.15) is 0 Å². The van der Waals surface area contributed by atoms with Crippen LogP contribution in [0.15, 0.2) is 22.7 Å². The molecule has 0 aliphatic carbocycles. The highest BCUT2D eigenvalue weighted by Crippen LogP contribution is 2.26. The van der Waals surface area contributed by atoms with Crippen LogP contribution in [0, 0.1) is 10.1 Å². The molecule has 0 aromatic heterocycles. The summed E-state index contributed by atoms with van der Waals surface area (Å²) in [5.74, 6) is 0. The number of hydrogen-bond donors (Lipinski definition) is 0. The molecule has 0 saturated heterocycles. The zero-order valence-electron chi connectivity index (χ0n) is 7.37. The van der Waals surface area contributed by atoms with Gasteiger partial charge in [0.05, 0.1) is 9.40 Å². The summed E-state index contributed by atoms with van der Waals surface area (Å²) in [5, 5.41) is 11.5. The van der Waals surface area contributed by atoms with Gasteiger partial charge in [0.25, 0.3) is 5.69 Å². The Hall–Kier alpha value is -0.420. The molecule has 0 unspecified atom stereocenters. The Balaban J connectivity index is 2.89. The van der Waals surface area contributed by atoms with Gasteiger partial charge in [-0.3, -0.25) is 10.1 Å². The monoisotopic (exact) mass is 321 g/mol. The van der Waals surface area contributed by atoms with E-state index in [-0.39, 0.29) is 10.6 Å². The highest BCUT2D eigenvalue weighted by atomic mass is 79.9. The average molecular weight is 323 g/mol. The lowest BCUT2D eigenvalue weighted by atomic mass is 10.1. The number of nitro groups is 1. The molecule has 0 aliphatic heterocycles. The SMILES string of the molecule is O=[N+]([O-])c1cc(CCCBr)ccc1Br. The Kier molecular flexibility index (Phi) is 4.54. The van der Waals surface area contributed by atoms with Gasteiger partial charge in [-0.05, 0) is 40.4 Å². The summed E-state index contributed by atoms with van der Waals surface area (Å²) in [5.41, 5.74) is 1.14.